The number of benzene rings is 1. The van der Waals surface area contributed by atoms with Gasteiger partial charge < -0.3 is 10.6 Å². The number of nitrogens with zero attached hydrogens (tertiary/aromatic N) is 2. The van der Waals surface area contributed by atoms with Gasteiger partial charge in [-0.3, -0.25) is 9.69 Å². The van der Waals surface area contributed by atoms with Crippen molar-refractivity contribution in [1.29, 1.82) is 0 Å². The maximum Gasteiger partial charge on any atom is 0.236 e. The largest absolute Gasteiger partial charge is 0.338 e. The van der Waals surface area contributed by atoms with Gasteiger partial charge >= 0.3 is 0 Å². The van der Waals surface area contributed by atoms with E-state index in [1.54, 1.807) is 0 Å². The minimum atomic E-state index is 0.0558. The number of piperidine rings is 1. The lowest BCUT2D eigenvalue weighted by atomic mass is 10.00. The standard InChI is InChI=1S/C18H29N3O/c1-15(2)21(18(22)12-19)14-17-10-6-7-11-20(17)13-16-8-4-3-5-9-16/h3-5,8-9,15,17H,6-7,10-14,19H2,1-2H3/t17-/m0/s1. The van der Waals surface area contributed by atoms with Crippen molar-refractivity contribution in [3.63, 3.8) is 0 Å². The lowest BCUT2D eigenvalue weighted by molar-refractivity contribution is -0.132. The van der Waals surface area contributed by atoms with Gasteiger partial charge in [0.15, 0.2) is 0 Å². The van der Waals surface area contributed by atoms with Gasteiger partial charge in [0, 0.05) is 25.2 Å². The molecule has 4 nitrogen and oxygen atoms in total. The van der Waals surface area contributed by atoms with Crippen molar-refractivity contribution in [2.75, 3.05) is 19.6 Å². The second-order valence-corrected chi connectivity index (χ2v) is 6.45. The molecule has 1 fully saturated rings. The first-order valence-electron chi connectivity index (χ1n) is 8.39. The van der Waals surface area contributed by atoms with Crippen molar-refractivity contribution in [3.05, 3.63) is 35.9 Å². The molecule has 1 saturated heterocycles. The fourth-order valence-electron chi connectivity index (χ4n) is 3.24. The Morgan fingerprint density at radius 3 is 2.68 bits per heavy atom. The Morgan fingerprint density at radius 1 is 1.32 bits per heavy atom. The van der Waals surface area contributed by atoms with Gasteiger partial charge in [-0.25, -0.2) is 0 Å². The van der Waals surface area contributed by atoms with Gasteiger partial charge in [-0.05, 0) is 38.8 Å². The van der Waals surface area contributed by atoms with E-state index in [-0.39, 0.29) is 18.5 Å². The molecule has 0 saturated carbocycles. The molecule has 1 aromatic rings. The van der Waals surface area contributed by atoms with E-state index in [4.69, 9.17) is 5.73 Å². The molecule has 0 radical (unpaired) electrons. The number of amides is 1. The van der Waals surface area contributed by atoms with E-state index in [9.17, 15) is 4.79 Å². The zero-order chi connectivity index (χ0) is 15.9. The molecule has 2 rings (SSSR count). The normalized spacial score (nSPS) is 19.4. The quantitative estimate of drug-likeness (QED) is 0.877. The third-order valence-electron chi connectivity index (χ3n) is 4.50. The molecule has 22 heavy (non-hydrogen) atoms. The molecule has 0 unspecified atom stereocenters. The van der Waals surface area contributed by atoms with Crippen LogP contribution in [0.3, 0.4) is 0 Å². The Morgan fingerprint density at radius 2 is 2.05 bits per heavy atom. The summed E-state index contributed by atoms with van der Waals surface area (Å²) in [6.45, 7) is 7.11. The van der Waals surface area contributed by atoms with Crippen LogP contribution < -0.4 is 5.73 Å². The molecule has 0 bridgehead atoms. The van der Waals surface area contributed by atoms with E-state index >= 15 is 0 Å². The minimum absolute atomic E-state index is 0.0558. The summed E-state index contributed by atoms with van der Waals surface area (Å²) in [5.74, 6) is 0.0558. The monoisotopic (exact) mass is 303 g/mol. The summed E-state index contributed by atoms with van der Waals surface area (Å²) in [4.78, 5) is 16.5. The molecule has 0 spiro atoms. The van der Waals surface area contributed by atoms with E-state index in [1.807, 2.05) is 4.90 Å². The van der Waals surface area contributed by atoms with Crippen LogP contribution in [0.5, 0.6) is 0 Å². The van der Waals surface area contributed by atoms with Gasteiger partial charge in [0.05, 0.1) is 6.54 Å². The second kappa shape index (κ2) is 8.30. The van der Waals surface area contributed by atoms with Crippen molar-refractivity contribution in [3.8, 4) is 0 Å². The van der Waals surface area contributed by atoms with E-state index in [0.29, 0.717) is 6.04 Å². The summed E-state index contributed by atoms with van der Waals surface area (Å²) in [7, 11) is 0. The molecular weight excluding hydrogens is 274 g/mol. The van der Waals surface area contributed by atoms with Crippen LogP contribution in [-0.2, 0) is 11.3 Å². The number of nitrogens with two attached hydrogens (primary N) is 1. The predicted molar refractivity (Wildman–Crippen MR) is 90.4 cm³/mol. The Hall–Kier alpha value is -1.39. The number of hydrogen-bond donors (Lipinski definition) is 1. The zero-order valence-electron chi connectivity index (χ0n) is 13.9. The molecule has 0 aliphatic carbocycles. The van der Waals surface area contributed by atoms with Crippen molar-refractivity contribution in [1.82, 2.24) is 9.80 Å². The summed E-state index contributed by atoms with van der Waals surface area (Å²) >= 11 is 0. The molecule has 1 aliphatic heterocycles. The first-order valence-corrected chi connectivity index (χ1v) is 8.39. The topological polar surface area (TPSA) is 49.6 Å². The van der Waals surface area contributed by atoms with Crippen molar-refractivity contribution in [2.45, 2.75) is 51.7 Å². The maximum atomic E-state index is 12.1. The Kier molecular flexibility index (Phi) is 6.40. The molecule has 1 atom stereocenters. The van der Waals surface area contributed by atoms with Crippen LogP contribution in [0.2, 0.25) is 0 Å². The van der Waals surface area contributed by atoms with Crippen molar-refractivity contribution in [2.24, 2.45) is 5.73 Å². The van der Waals surface area contributed by atoms with E-state index in [1.165, 1.54) is 18.4 Å². The second-order valence-electron chi connectivity index (χ2n) is 6.45. The highest BCUT2D eigenvalue weighted by atomic mass is 16.2. The Bertz CT molecular complexity index is 461. The van der Waals surface area contributed by atoms with Crippen molar-refractivity contribution < 1.29 is 4.79 Å². The molecule has 1 aliphatic rings. The first kappa shape index (κ1) is 17.0. The SMILES string of the molecule is CC(C)N(C[C@@H]1CCCCN1Cc1ccccc1)C(=O)CN. The number of rotatable bonds is 6. The fourth-order valence-corrected chi connectivity index (χ4v) is 3.24. The highest BCUT2D eigenvalue weighted by Crippen LogP contribution is 2.21. The van der Waals surface area contributed by atoms with Gasteiger partial charge in [0.1, 0.15) is 0 Å². The summed E-state index contributed by atoms with van der Waals surface area (Å²) in [6.07, 6.45) is 3.66. The van der Waals surface area contributed by atoms with Gasteiger partial charge in [-0.1, -0.05) is 36.8 Å². The van der Waals surface area contributed by atoms with Crippen LogP contribution in [0.15, 0.2) is 30.3 Å². The summed E-state index contributed by atoms with van der Waals surface area (Å²) in [6, 6.07) is 11.2. The lowest BCUT2D eigenvalue weighted by Gasteiger charge is -2.40. The molecule has 1 aromatic carbocycles. The van der Waals surface area contributed by atoms with Crippen LogP contribution in [0.25, 0.3) is 0 Å². The third kappa shape index (κ3) is 4.55. The number of carbonyl (C=O) groups excluding carboxylic acids is 1. The average molecular weight is 303 g/mol. The van der Waals surface area contributed by atoms with E-state index in [2.05, 4.69) is 49.1 Å². The van der Waals surface area contributed by atoms with E-state index in [0.717, 1.165) is 26.1 Å². The Labute approximate surface area is 134 Å². The summed E-state index contributed by atoms with van der Waals surface area (Å²) in [5, 5.41) is 0. The van der Waals surface area contributed by atoms with Gasteiger partial charge in [-0.15, -0.1) is 0 Å². The van der Waals surface area contributed by atoms with Gasteiger partial charge in [0.2, 0.25) is 5.91 Å². The number of likely N-dealkylation sites (tertiary alicyclic amines) is 1. The molecule has 2 N–H and O–H groups in total. The summed E-state index contributed by atoms with van der Waals surface area (Å²) in [5.41, 5.74) is 6.91. The van der Waals surface area contributed by atoms with Crippen LogP contribution in [-0.4, -0.2) is 47.4 Å². The molecule has 1 heterocycles. The summed E-state index contributed by atoms with van der Waals surface area (Å²) < 4.78 is 0. The van der Waals surface area contributed by atoms with Crippen LogP contribution in [0.1, 0.15) is 38.7 Å². The van der Waals surface area contributed by atoms with Crippen LogP contribution in [0, 0.1) is 0 Å². The highest BCUT2D eigenvalue weighted by Gasteiger charge is 2.27. The third-order valence-corrected chi connectivity index (χ3v) is 4.50. The molecule has 4 heteroatoms. The van der Waals surface area contributed by atoms with E-state index < -0.39 is 0 Å². The number of hydrogen-bond acceptors (Lipinski definition) is 3. The molecule has 0 aromatic heterocycles. The van der Waals surface area contributed by atoms with Crippen molar-refractivity contribution >= 4 is 5.91 Å². The highest BCUT2D eigenvalue weighted by molar-refractivity contribution is 5.78. The number of carbonyl (C=O) groups is 1. The molecule has 1 amide bonds. The Balaban J connectivity index is 2.04. The lowest BCUT2D eigenvalue weighted by Crippen LogP contribution is -2.51. The van der Waals surface area contributed by atoms with Crippen LogP contribution in [0.4, 0.5) is 0 Å². The molecule has 122 valence electrons. The smallest absolute Gasteiger partial charge is 0.236 e. The molecular formula is C18H29N3O. The first-order chi connectivity index (χ1) is 10.6. The van der Waals surface area contributed by atoms with Gasteiger partial charge in [0.25, 0.3) is 0 Å². The van der Waals surface area contributed by atoms with Crippen LogP contribution >= 0.6 is 0 Å². The predicted octanol–water partition coefficient (Wildman–Crippen LogP) is 2.24. The van der Waals surface area contributed by atoms with Gasteiger partial charge in [-0.2, -0.15) is 0 Å². The minimum Gasteiger partial charge on any atom is -0.338 e. The maximum absolute atomic E-state index is 12.1. The fraction of sp³-hybridized carbons (Fsp3) is 0.611. The zero-order valence-corrected chi connectivity index (χ0v) is 13.9. The average Bonchev–Trinajstić information content (AvgIpc) is 2.54.